The van der Waals surface area contributed by atoms with E-state index in [-0.39, 0.29) is 23.6 Å². The van der Waals surface area contributed by atoms with Crippen molar-refractivity contribution >= 4 is 29.3 Å². The Kier molecular flexibility index (Phi) is 8.34. The van der Waals surface area contributed by atoms with Crippen LogP contribution in [0.3, 0.4) is 0 Å². The number of hydrogen-bond donors (Lipinski definition) is 2. The van der Waals surface area contributed by atoms with E-state index < -0.39 is 0 Å². The molecule has 6 heteroatoms. The third kappa shape index (κ3) is 6.64. The normalized spacial score (nSPS) is 14.8. The van der Waals surface area contributed by atoms with Crippen LogP contribution >= 0.6 is 11.8 Å². The molecule has 0 aliphatic heterocycles. The predicted octanol–water partition coefficient (Wildman–Crippen LogP) is 5.13. The van der Waals surface area contributed by atoms with Crippen LogP contribution in [-0.2, 0) is 4.79 Å². The maximum absolute atomic E-state index is 12.8. The minimum atomic E-state index is -0.256. The lowest BCUT2D eigenvalue weighted by Crippen LogP contribution is -2.36. The molecule has 2 amide bonds. The van der Waals surface area contributed by atoms with Gasteiger partial charge in [-0.15, -0.1) is 11.8 Å². The second-order valence-electron chi connectivity index (χ2n) is 7.54. The lowest BCUT2D eigenvalue weighted by molar-refractivity contribution is -0.119. The van der Waals surface area contributed by atoms with Crippen molar-refractivity contribution in [3.63, 3.8) is 0 Å². The summed E-state index contributed by atoms with van der Waals surface area (Å²) < 4.78 is 0. The lowest BCUT2D eigenvalue weighted by Gasteiger charge is -2.21. The van der Waals surface area contributed by atoms with Crippen molar-refractivity contribution < 1.29 is 9.59 Å². The lowest BCUT2D eigenvalue weighted by atomic mass is 9.97. The predicted molar refractivity (Wildman–Crippen MR) is 121 cm³/mol. The Balaban J connectivity index is 1.58. The summed E-state index contributed by atoms with van der Waals surface area (Å²) in [6, 6.07) is 16.4. The Morgan fingerprint density at radius 1 is 1.00 bits per heavy atom. The van der Waals surface area contributed by atoms with Crippen LogP contribution in [0.25, 0.3) is 0 Å². The summed E-state index contributed by atoms with van der Waals surface area (Å²) in [5.74, 6) is 0.0427. The molecule has 0 unspecified atom stereocenters. The minimum absolute atomic E-state index is 0.0162. The molecule has 0 heterocycles. The first-order chi connectivity index (χ1) is 14.7. The summed E-state index contributed by atoms with van der Waals surface area (Å²) >= 11 is 1.37. The first-order valence-corrected chi connectivity index (χ1v) is 11.5. The second-order valence-corrected chi connectivity index (χ2v) is 8.56. The fourth-order valence-corrected chi connectivity index (χ4v) is 4.52. The third-order valence-electron chi connectivity index (χ3n) is 5.21. The number of benzene rings is 2. The molecule has 1 aliphatic carbocycles. The number of anilines is 1. The largest absolute Gasteiger partial charge is 0.353 e. The van der Waals surface area contributed by atoms with Gasteiger partial charge in [0.1, 0.15) is 0 Å². The van der Waals surface area contributed by atoms with Gasteiger partial charge in [-0.1, -0.05) is 50.3 Å². The maximum atomic E-state index is 12.8. The molecule has 156 valence electrons. The zero-order chi connectivity index (χ0) is 21.2. The third-order valence-corrected chi connectivity index (χ3v) is 6.28. The van der Waals surface area contributed by atoms with Gasteiger partial charge in [0, 0.05) is 16.6 Å². The van der Waals surface area contributed by atoms with Gasteiger partial charge in [-0.25, -0.2) is 0 Å². The number of nitriles is 1. The number of carbonyl (C=O) groups is 2. The van der Waals surface area contributed by atoms with E-state index in [9.17, 15) is 9.59 Å². The fraction of sp³-hybridized carbons (Fsp3) is 0.375. The summed E-state index contributed by atoms with van der Waals surface area (Å²) in [6.45, 7) is 0. The van der Waals surface area contributed by atoms with E-state index in [2.05, 4.69) is 16.7 Å². The SMILES string of the molecule is N#Cc1cccc(NC(=O)c2ccccc2SCC(=O)NC2CCCCCCC2)c1. The highest BCUT2D eigenvalue weighted by atomic mass is 32.2. The number of carbonyl (C=O) groups excluding carboxylic acids is 2. The van der Waals surface area contributed by atoms with Crippen molar-refractivity contribution in [3.05, 3.63) is 59.7 Å². The van der Waals surface area contributed by atoms with Crippen molar-refractivity contribution in [2.75, 3.05) is 11.1 Å². The first kappa shape index (κ1) is 21.9. The molecular weight excluding hydrogens is 394 g/mol. The van der Waals surface area contributed by atoms with Crippen LogP contribution in [0.2, 0.25) is 0 Å². The highest BCUT2D eigenvalue weighted by molar-refractivity contribution is 8.00. The molecule has 1 fully saturated rings. The molecule has 5 nitrogen and oxygen atoms in total. The molecule has 0 bridgehead atoms. The molecule has 1 saturated carbocycles. The molecule has 0 saturated heterocycles. The summed E-state index contributed by atoms with van der Waals surface area (Å²) in [5, 5.41) is 15.0. The highest BCUT2D eigenvalue weighted by Crippen LogP contribution is 2.24. The standard InChI is InChI=1S/C24H27N3O2S/c25-16-18-9-8-12-20(15-18)27-24(29)21-13-6-7-14-22(21)30-17-23(28)26-19-10-4-2-1-3-5-11-19/h6-9,12-15,19H,1-5,10-11,17H2,(H,26,28)(H,27,29). The number of hydrogen-bond acceptors (Lipinski definition) is 4. The highest BCUT2D eigenvalue weighted by Gasteiger charge is 2.16. The molecule has 2 N–H and O–H groups in total. The molecule has 2 aromatic carbocycles. The first-order valence-electron chi connectivity index (χ1n) is 10.5. The van der Waals surface area contributed by atoms with Crippen LogP contribution < -0.4 is 10.6 Å². The van der Waals surface area contributed by atoms with E-state index in [0.29, 0.717) is 16.8 Å². The summed E-state index contributed by atoms with van der Waals surface area (Å²) in [6.07, 6.45) is 8.26. The molecule has 0 spiro atoms. The topological polar surface area (TPSA) is 82.0 Å². The van der Waals surface area contributed by atoms with Gasteiger partial charge in [0.25, 0.3) is 5.91 Å². The van der Waals surface area contributed by atoms with Crippen molar-refractivity contribution in [1.29, 1.82) is 5.26 Å². The number of rotatable bonds is 6. The molecule has 0 radical (unpaired) electrons. The van der Waals surface area contributed by atoms with Gasteiger partial charge < -0.3 is 10.6 Å². The van der Waals surface area contributed by atoms with E-state index in [1.165, 1.54) is 43.9 Å². The van der Waals surface area contributed by atoms with Crippen LogP contribution in [0.15, 0.2) is 53.4 Å². The van der Waals surface area contributed by atoms with E-state index in [0.717, 1.165) is 17.7 Å². The van der Waals surface area contributed by atoms with Gasteiger partial charge in [0.2, 0.25) is 5.91 Å². The summed E-state index contributed by atoms with van der Waals surface area (Å²) in [7, 11) is 0. The molecule has 2 aromatic rings. The second kappa shape index (κ2) is 11.4. The van der Waals surface area contributed by atoms with Crippen molar-refractivity contribution in [2.45, 2.75) is 55.9 Å². The fourth-order valence-electron chi connectivity index (χ4n) is 3.66. The molecule has 30 heavy (non-hydrogen) atoms. The van der Waals surface area contributed by atoms with Crippen LogP contribution in [0.1, 0.15) is 60.9 Å². The Hall–Kier alpha value is -2.78. The number of amides is 2. The smallest absolute Gasteiger partial charge is 0.256 e. The Labute approximate surface area is 182 Å². The summed E-state index contributed by atoms with van der Waals surface area (Å²) in [4.78, 5) is 26.0. The number of nitrogens with zero attached hydrogens (tertiary/aromatic N) is 1. The van der Waals surface area contributed by atoms with Gasteiger partial charge in [-0.05, 0) is 43.2 Å². The number of thioether (sulfide) groups is 1. The van der Waals surface area contributed by atoms with Gasteiger partial charge in [0.05, 0.1) is 22.9 Å². The number of nitrogens with one attached hydrogen (secondary N) is 2. The Morgan fingerprint density at radius 3 is 2.50 bits per heavy atom. The van der Waals surface area contributed by atoms with E-state index in [4.69, 9.17) is 5.26 Å². The molecule has 0 atom stereocenters. The monoisotopic (exact) mass is 421 g/mol. The Morgan fingerprint density at radius 2 is 1.73 bits per heavy atom. The van der Waals surface area contributed by atoms with Crippen LogP contribution in [0.4, 0.5) is 5.69 Å². The molecule has 0 aromatic heterocycles. The van der Waals surface area contributed by atoms with Crippen molar-refractivity contribution in [1.82, 2.24) is 5.32 Å². The van der Waals surface area contributed by atoms with Crippen LogP contribution in [-0.4, -0.2) is 23.6 Å². The van der Waals surface area contributed by atoms with Gasteiger partial charge in [-0.2, -0.15) is 5.26 Å². The Bertz CT molecular complexity index is 915. The van der Waals surface area contributed by atoms with E-state index in [1.807, 2.05) is 12.1 Å². The molecule has 3 rings (SSSR count). The quantitative estimate of drug-likeness (QED) is 0.633. The van der Waals surface area contributed by atoms with Crippen LogP contribution in [0, 0.1) is 11.3 Å². The molecule has 1 aliphatic rings. The average Bonchev–Trinajstić information content (AvgIpc) is 2.74. The van der Waals surface area contributed by atoms with Gasteiger partial charge in [-0.3, -0.25) is 9.59 Å². The zero-order valence-corrected chi connectivity index (χ0v) is 17.8. The van der Waals surface area contributed by atoms with Crippen LogP contribution in [0.5, 0.6) is 0 Å². The van der Waals surface area contributed by atoms with Crippen molar-refractivity contribution in [2.24, 2.45) is 0 Å². The van der Waals surface area contributed by atoms with E-state index >= 15 is 0 Å². The van der Waals surface area contributed by atoms with Gasteiger partial charge >= 0.3 is 0 Å². The van der Waals surface area contributed by atoms with E-state index in [1.54, 1.807) is 36.4 Å². The average molecular weight is 422 g/mol. The molecular formula is C24H27N3O2S. The minimum Gasteiger partial charge on any atom is -0.353 e. The zero-order valence-electron chi connectivity index (χ0n) is 17.0. The van der Waals surface area contributed by atoms with Gasteiger partial charge in [0.15, 0.2) is 0 Å². The summed E-state index contributed by atoms with van der Waals surface area (Å²) in [5.41, 5.74) is 1.57. The van der Waals surface area contributed by atoms with Crippen molar-refractivity contribution in [3.8, 4) is 6.07 Å². The maximum Gasteiger partial charge on any atom is 0.256 e.